The van der Waals surface area contributed by atoms with Gasteiger partial charge in [0.15, 0.2) is 0 Å². The van der Waals surface area contributed by atoms with E-state index in [1.54, 1.807) is 19.2 Å². The molecule has 1 aromatic rings. The number of hydrogen-bond acceptors (Lipinski definition) is 4. The fourth-order valence-corrected chi connectivity index (χ4v) is 4.48. The molecule has 1 aromatic carbocycles. The van der Waals surface area contributed by atoms with Crippen molar-refractivity contribution in [2.75, 3.05) is 12.9 Å². The molecule has 2 rings (SSSR count). The maximum atomic E-state index is 12.1. The lowest BCUT2D eigenvalue weighted by Crippen LogP contribution is -2.52. The summed E-state index contributed by atoms with van der Waals surface area (Å²) in [5.74, 6) is 0.800. The lowest BCUT2D eigenvalue weighted by Gasteiger charge is -2.40. The molecule has 0 heterocycles. The van der Waals surface area contributed by atoms with Crippen molar-refractivity contribution in [2.45, 2.75) is 50.7 Å². The largest absolute Gasteiger partial charge is 0.497 e. The van der Waals surface area contributed by atoms with Crippen LogP contribution in [0.15, 0.2) is 24.3 Å². The Hall–Kier alpha value is -1.11. The molecule has 1 saturated carbocycles. The number of methoxy groups -OCH3 is 1. The number of sulfonamides is 1. The van der Waals surface area contributed by atoms with Gasteiger partial charge >= 0.3 is 0 Å². The summed E-state index contributed by atoms with van der Waals surface area (Å²) in [6.07, 6.45) is 3.56. The summed E-state index contributed by atoms with van der Waals surface area (Å²) in [5.41, 5.74) is -0.428. The predicted molar refractivity (Wildman–Crippen MR) is 86.4 cm³/mol. The van der Waals surface area contributed by atoms with Gasteiger partial charge in [0.25, 0.3) is 0 Å². The summed E-state index contributed by atoms with van der Waals surface area (Å²) in [6, 6.07) is 6.72. The minimum absolute atomic E-state index is 0.0855. The van der Waals surface area contributed by atoms with Crippen LogP contribution in [0.2, 0.25) is 0 Å². The molecule has 6 heteroatoms. The first-order valence-electron chi connectivity index (χ1n) is 7.78. The molecule has 2 unspecified atom stereocenters. The Morgan fingerprint density at radius 2 is 2.00 bits per heavy atom. The molecule has 0 amide bonds. The molecule has 1 fully saturated rings. The van der Waals surface area contributed by atoms with E-state index < -0.39 is 21.7 Å². The molecule has 5 nitrogen and oxygen atoms in total. The first-order valence-corrected chi connectivity index (χ1v) is 9.43. The number of rotatable bonds is 6. The molecular formula is C16H25NO4S. The molecule has 0 aromatic heterocycles. The number of hydrogen-bond donors (Lipinski definition) is 2. The molecule has 0 aliphatic heterocycles. The van der Waals surface area contributed by atoms with E-state index in [0.717, 1.165) is 18.4 Å². The van der Waals surface area contributed by atoms with Crippen LogP contribution in [0.25, 0.3) is 0 Å². The second kappa shape index (κ2) is 6.98. The van der Waals surface area contributed by atoms with Crippen molar-refractivity contribution in [3.05, 3.63) is 29.8 Å². The standard InChI is InChI=1S/C16H25NO4S/c1-3-12-22(19,20)17-15-6-4-5-11-16(15,18)13-7-9-14(21-2)10-8-13/h7-10,15,17-18H,3-6,11-12H2,1-2H3. The van der Waals surface area contributed by atoms with Gasteiger partial charge in [-0.15, -0.1) is 0 Å². The summed E-state index contributed by atoms with van der Waals surface area (Å²) in [5, 5.41) is 11.1. The van der Waals surface area contributed by atoms with Gasteiger partial charge in [-0.3, -0.25) is 0 Å². The molecular weight excluding hydrogens is 302 g/mol. The molecule has 2 N–H and O–H groups in total. The predicted octanol–water partition coefficient (Wildman–Crippen LogP) is 2.15. The highest BCUT2D eigenvalue weighted by Gasteiger charge is 2.42. The van der Waals surface area contributed by atoms with Gasteiger partial charge in [0.2, 0.25) is 10.0 Å². The van der Waals surface area contributed by atoms with Gasteiger partial charge in [0.1, 0.15) is 11.4 Å². The summed E-state index contributed by atoms with van der Waals surface area (Å²) in [6.45, 7) is 1.83. The summed E-state index contributed by atoms with van der Waals surface area (Å²) >= 11 is 0. The molecule has 2 atom stereocenters. The SMILES string of the molecule is CCCS(=O)(=O)NC1CCCCC1(O)c1ccc(OC)cc1. The van der Waals surface area contributed by atoms with Crippen LogP contribution in [0, 0.1) is 0 Å². The minimum Gasteiger partial charge on any atom is -0.497 e. The summed E-state index contributed by atoms with van der Waals surface area (Å²) < 4.78 is 32.0. The average molecular weight is 327 g/mol. The van der Waals surface area contributed by atoms with E-state index in [4.69, 9.17) is 4.74 Å². The molecule has 0 saturated heterocycles. The van der Waals surface area contributed by atoms with Gasteiger partial charge in [-0.2, -0.15) is 0 Å². The van der Waals surface area contributed by atoms with Gasteiger partial charge < -0.3 is 9.84 Å². The van der Waals surface area contributed by atoms with Gasteiger partial charge in [0, 0.05) is 0 Å². The number of ether oxygens (including phenoxy) is 1. The third-order valence-electron chi connectivity index (χ3n) is 4.26. The van der Waals surface area contributed by atoms with Gasteiger partial charge in [-0.25, -0.2) is 13.1 Å². The van der Waals surface area contributed by atoms with Crippen LogP contribution in [-0.4, -0.2) is 32.4 Å². The van der Waals surface area contributed by atoms with Crippen LogP contribution >= 0.6 is 0 Å². The van der Waals surface area contributed by atoms with Crippen molar-refractivity contribution >= 4 is 10.0 Å². The van der Waals surface area contributed by atoms with Crippen LogP contribution in [0.3, 0.4) is 0 Å². The monoisotopic (exact) mass is 327 g/mol. The van der Waals surface area contributed by atoms with Crippen molar-refractivity contribution in [1.82, 2.24) is 4.72 Å². The van der Waals surface area contributed by atoms with Crippen molar-refractivity contribution in [3.63, 3.8) is 0 Å². The van der Waals surface area contributed by atoms with E-state index in [1.807, 2.05) is 19.1 Å². The number of aliphatic hydroxyl groups is 1. The van der Waals surface area contributed by atoms with Crippen molar-refractivity contribution < 1.29 is 18.3 Å². The smallest absolute Gasteiger partial charge is 0.211 e. The third kappa shape index (κ3) is 3.80. The highest BCUT2D eigenvalue weighted by molar-refractivity contribution is 7.89. The third-order valence-corrected chi connectivity index (χ3v) is 5.85. The highest BCUT2D eigenvalue weighted by atomic mass is 32.2. The Balaban J connectivity index is 2.26. The van der Waals surface area contributed by atoms with Crippen LogP contribution in [-0.2, 0) is 15.6 Å². The van der Waals surface area contributed by atoms with E-state index in [-0.39, 0.29) is 5.75 Å². The molecule has 124 valence electrons. The zero-order valence-corrected chi connectivity index (χ0v) is 14.0. The van der Waals surface area contributed by atoms with Crippen LogP contribution in [0.1, 0.15) is 44.6 Å². The van der Waals surface area contributed by atoms with Crippen molar-refractivity contribution in [3.8, 4) is 5.75 Å². The fraction of sp³-hybridized carbons (Fsp3) is 0.625. The van der Waals surface area contributed by atoms with Crippen molar-refractivity contribution in [1.29, 1.82) is 0 Å². The summed E-state index contributed by atoms with van der Waals surface area (Å²) in [4.78, 5) is 0. The maximum Gasteiger partial charge on any atom is 0.211 e. The molecule has 1 aliphatic carbocycles. The Morgan fingerprint density at radius 1 is 1.32 bits per heavy atom. The molecule has 1 aliphatic rings. The van der Waals surface area contributed by atoms with Crippen LogP contribution in [0.5, 0.6) is 5.75 Å². The quantitative estimate of drug-likeness (QED) is 0.839. The van der Waals surface area contributed by atoms with Gasteiger partial charge in [0.05, 0.1) is 18.9 Å². The minimum atomic E-state index is -3.36. The van der Waals surface area contributed by atoms with Crippen molar-refractivity contribution in [2.24, 2.45) is 0 Å². The van der Waals surface area contributed by atoms with Gasteiger partial charge in [-0.05, 0) is 37.0 Å². The van der Waals surface area contributed by atoms with E-state index in [2.05, 4.69) is 4.72 Å². The Morgan fingerprint density at radius 3 is 2.59 bits per heavy atom. The second-order valence-corrected chi connectivity index (χ2v) is 7.76. The molecule has 0 bridgehead atoms. The zero-order valence-electron chi connectivity index (χ0n) is 13.2. The van der Waals surface area contributed by atoms with E-state index >= 15 is 0 Å². The Labute approximate surface area is 132 Å². The molecule has 0 spiro atoms. The summed E-state index contributed by atoms with van der Waals surface area (Å²) in [7, 11) is -1.77. The van der Waals surface area contributed by atoms with E-state index in [1.165, 1.54) is 0 Å². The maximum absolute atomic E-state index is 12.1. The first-order chi connectivity index (χ1) is 10.4. The van der Waals surface area contributed by atoms with Gasteiger partial charge in [-0.1, -0.05) is 31.9 Å². The van der Waals surface area contributed by atoms with E-state index in [9.17, 15) is 13.5 Å². The van der Waals surface area contributed by atoms with E-state index in [0.29, 0.717) is 25.0 Å². The molecule has 0 radical (unpaired) electrons. The zero-order chi connectivity index (χ0) is 16.2. The average Bonchev–Trinajstić information content (AvgIpc) is 2.49. The topological polar surface area (TPSA) is 75.6 Å². The highest BCUT2D eigenvalue weighted by Crippen LogP contribution is 2.38. The lowest BCUT2D eigenvalue weighted by molar-refractivity contribution is -0.0249. The normalized spacial score (nSPS) is 25.9. The lowest BCUT2D eigenvalue weighted by atomic mass is 9.76. The first kappa shape index (κ1) is 17.2. The van der Waals surface area contributed by atoms with Crippen LogP contribution in [0.4, 0.5) is 0 Å². The van der Waals surface area contributed by atoms with Crippen LogP contribution < -0.4 is 9.46 Å². The second-order valence-electron chi connectivity index (χ2n) is 5.89. The Bertz CT molecular complexity index is 585. The molecule has 22 heavy (non-hydrogen) atoms. The fourth-order valence-electron chi connectivity index (χ4n) is 3.08. The number of benzene rings is 1. The Kier molecular flexibility index (Phi) is 5.47. The number of nitrogens with one attached hydrogen (secondary N) is 1.